The topological polar surface area (TPSA) is 51.4 Å². The van der Waals surface area contributed by atoms with E-state index in [1.54, 1.807) is 6.20 Å². The molecule has 0 bridgehead atoms. The number of fused-ring (bicyclic) bond motifs is 1. The summed E-state index contributed by atoms with van der Waals surface area (Å²) in [5.41, 5.74) is 2.50. The van der Waals surface area contributed by atoms with Crippen molar-refractivity contribution in [1.82, 2.24) is 5.32 Å². The molecule has 0 spiro atoms. The van der Waals surface area contributed by atoms with Gasteiger partial charge in [-0.3, -0.25) is 10.1 Å². The molecule has 2 rings (SSSR count). The van der Waals surface area contributed by atoms with Crippen LogP contribution >= 0.6 is 15.9 Å². The molecule has 1 heterocycles. The summed E-state index contributed by atoms with van der Waals surface area (Å²) >= 11 is 3.34. The molecule has 4 heteroatoms. The van der Waals surface area contributed by atoms with Crippen LogP contribution in [0.25, 0.3) is 5.57 Å². The molecule has 1 aliphatic rings. The predicted octanol–water partition coefficient (Wildman–Crippen LogP) is 2.51. The summed E-state index contributed by atoms with van der Waals surface area (Å²) in [6.07, 6.45) is 1.64. The van der Waals surface area contributed by atoms with Gasteiger partial charge in [0.2, 0.25) is 0 Å². The first kappa shape index (κ1) is 9.27. The maximum atomic E-state index is 10.6. The van der Waals surface area contributed by atoms with Gasteiger partial charge in [0, 0.05) is 16.2 Å². The summed E-state index contributed by atoms with van der Waals surface area (Å²) in [5.74, 6) is -0.834. The van der Waals surface area contributed by atoms with E-state index in [4.69, 9.17) is 5.11 Å². The van der Waals surface area contributed by atoms with Crippen molar-refractivity contribution in [2.45, 2.75) is 6.42 Å². The maximum Gasteiger partial charge on any atom is 0.307 e. The number of halogens is 1. The molecule has 3 nitrogen and oxygen atoms in total. The Morgan fingerprint density at radius 3 is 3.00 bits per heavy atom. The lowest BCUT2D eigenvalue weighted by Gasteiger charge is -2.01. The summed E-state index contributed by atoms with van der Waals surface area (Å²) in [6.45, 7) is 0. The Hall–Kier alpha value is -1.29. The third kappa shape index (κ3) is 1.65. The minimum atomic E-state index is -0.834. The first-order valence-electron chi connectivity index (χ1n) is 4.08. The van der Waals surface area contributed by atoms with E-state index in [2.05, 4.69) is 21.2 Å². The van der Waals surface area contributed by atoms with Crippen LogP contribution in [0, 0.1) is 0 Å². The van der Waals surface area contributed by atoms with Crippen LogP contribution in [0.1, 0.15) is 12.0 Å². The SMILES string of the molecule is O=C(O)CC1=C[N]c2ccc(Br)cc21. The lowest BCUT2D eigenvalue weighted by molar-refractivity contribution is -0.135. The van der Waals surface area contributed by atoms with Gasteiger partial charge >= 0.3 is 5.97 Å². The number of benzene rings is 1. The summed E-state index contributed by atoms with van der Waals surface area (Å²) in [6, 6.07) is 5.64. The van der Waals surface area contributed by atoms with E-state index in [9.17, 15) is 4.79 Å². The lowest BCUT2D eigenvalue weighted by atomic mass is 10.1. The van der Waals surface area contributed by atoms with Crippen LogP contribution < -0.4 is 5.32 Å². The molecule has 0 aromatic heterocycles. The van der Waals surface area contributed by atoms with Crippen LogP contribution in [0.2, 0.25) is 0 Å². The summed E-state index contributed by atoms with van der Waals surface area (Å²) in [7, 11) is 0. The minimum Gasteiger partial charge on any atom is -0.481 e. The lowest BCUT2D eigenvalue weighted by Crippen LogP contribution is -1.95. The Kier molecular flexibility index (Phi) is 2.29. The zero-order chi connectivity index (χ0) is 10.1. The molecule has 14 heavy (non-hydrogen) atoms. The van der Waals surface area contributed by atoms with E-state index in [-0.39, 0.29) is 6.42 Å². The molecular weight excluding hydrogens is 246 g/mol. The van der Waals surface area contributed by atoms with Crippen LogP contribution in [0.5, 0.6) is 0 Å². The standard InChI is InChI=1S/C10H7BrNO2/c11-7-1-2-9-8(4-7)6(5-12-9)3-10(13)14/h1-2,4-5H,3H2,(H,13,14). The number of carboxylic acids is 1. The van der Waals surface area contributed by atoms with Crippen LogP contribution in [-0.4, -0.2) is 11.1 Å². The Morgan fingerprint density at radius 2 is 2.29 bits per heavy atom. The quantitative estimate of drug-likeness (QED) is 0.880. The molecule has 0 amide bonds. The van der Waals surface area contributed by atoms with Gasteiger partial charge < -0.3 is 5.11 Å². The molecular formula is C10H7BrNO2. The van der Waals surface area contributed by atoms with Gasteiger partial charge in [0.1, 0.15) is 0 Å². The normalized spacial score (nSPS) is 13.1. The van der Waals surface area contributed by atoms with Crippen LogP contribution in [0.4, 0.5) is 5.69 Å². The zero-order valence-corrected chi connectivity index (χ0v) is 8.78. The van der Waals surface area contributed by atoms with Gasteiger partial charge in [0.15, 0.2) is 0 Å². The molecule has 1 aromatic carbocycles. The molecule has 1 N–H and O–H groups in total. The molecule has 71 valence electrons. The minimum absolute atomic E-state index is 0.0208. The van der Waals surface area contributed by atoms with E-state index in [1.165, 1.54) is 0 Å². The highest BCUT2D eigenvalue weighted by Gasteiger charge is 2.17. The van der Waals surface area contributed by atoms with E-state index in [1.807, 2.05) is 18.2 Å². The number of nitrogens with zero attached hydrogens (tertiary/aromatic N) is 1. The largest absolute Gasteiger partial charge is 0.481 e. The number of aliphatic carboxylic acids is 1. The van der Waals surface area contributed by atoms with Crippen molar-refractivity contribution in [3.8, 4) is 0 Å². The van der Waals surface area contributed by atoms with Crippen molar-refractivity contribution in [3.05, 3.63) is 34.4 Å². The van der Waals surface area contributed by atoms with E-state index in [0.717, 1.165) is 21.3 Å². The van der Waals surface area contributed by atoms with E-state index in [0.29, 0.717) is 0 Å². The maximum absolute atomic E-state index is 10.6. The van der Waals surface area contributed by atoms with Crippen LogP contribution in [0.3, 0.4) is 0 Å². The van der Waals surface area contributed by atoms with Gasteiger partial charge in [-0.05, 0) is 23.8 Å². The van der Waals surface area contributed by atoms with Crippen LogP contribution in [0.15, 0.2) is 28.9 Å². The number of carboxylic acid groups (broad SMARTS) is 1. The first-order chi connectivity index (χ1) is 6.66. The third-order valence-electron chi connectivity index (χ3n) is 2.01. The number of hydrogen-bond donors (Lipinski definition) is 1. The van der Waals surface area contributed by atoms with Crippen molar-refractivity contribution in [2.75, 3.05) is 0 Å². The fourth-order valence-electron chi connectivity index (χ4n) is 1.40. The van der Waals surface area contributed by atoms with Crippen molar-refractivity contribution in [2.24, 2.45) is 0 Å². The van der Waals surface area contributed by atoms with Gasteiger partial charge in [0.05, 0.1) is 12.1 Å². The highest BCUT2D eigenvalue weighted by molar-refractivity contribution is 9.10. The van der Waals surface area contributed by atoms with Gasteiger partial charge in [-0.2, -0.15) is 0 Å². The van der Waals surface area contributed by atoms with Gasteiger partial charge in [-0.1, -0.05) is 15.9 Å². The van der Waals surface area contributed by atoms with Crippen LogP contribution in [-0.2, 0) is 4.79 Å². The second-order valence-electron chi connectivity index (χ2n) is 3.02. The molecule has 1 aromatic rings. The van der Waals surface area contributed by atoms with Gasteiger partial charge in [-0.15, -0.1) is 0 Å². The first-order valence-corrected chi connectivity index (χ1v) is 4.88. The average Bonchev–Trinajstić information content (AvgIpc) is 2.47. The second kappa shape index (κ2) is 3.46. The average molecular weight is 253 g/mol. The zero-order valence-electron chi connectivity index (χ0n) is 7.20. The van der Waals surface area contributed by atoms with E-state index < -0.39 is 5.97 Å². The summed E-state index contributed by atoms with van der Waals surface area (Å²) in [5, 5.41) is 12.8. The Bertz CT molecular complexity index is 426. The summed E-state index contributed by atoms with van der Waals surface area (Å²) < 4.78 is 0.935. The summed E-state index contributed by atoms with van der Waals surface area (Å²) in [4.78, 5) is 10.6. The number of hydrogen-bond acceptors (Lipinski definition) is 1. The molecule has 0 saturated heterocycles. The Labute approximate surface area is 89.6 Å². The highest BCUT2D eigenvalue weighted by atomic mass is 79.9. The van der Waals surface area contributed by atoms with Crippen molar-refractivity contribution in [1.29, 1.82) is 0 Å². The Morgan fingerprint density at radius 1 is 1.50 bits per heavy atom. The monoisotopic (exact) mass is 252 g/mol. The van der Waals surface area contributed by atoms with Crippen molar-refractivity contribution in [3.63, 3.8) is 0 Å². The fourth-order valence-corrected chi connectivity index (χ4v) is 1.76. The second-order valence-corrected chi connectivity index (χ2v) is 3.93. The van der Waals surface area contributed by atoms with Gasteiger partial charge in [0.25, 0.3) is 0 Å². The molecule has 0 fully saturated rings. The molecule has 1 aliphatic heterocycles. The Balaban J connectivity index is 2.35. The number of rotatable bonds is 2. The fraction of sp³-hybridized carbons (Fsp3) is 0.100. The highest BCUT2D eigenvalue weighted by Crippen LogP contribution is 2.34. The molecule has 1 radical (unpaired) electrons. The van der Waals surface area contributed by atoms with Crippen molar-refractivity contribution >= 4 is 33.2 Å². The molecule has 0 atom stereocenters. The molecule has 0 aliphatic carbocycles. The third-order valence-corrected chi connectivity index (χ3v) is 2.50. The van der Waals surface area contributed by atoms with E-state index >= 15 is 0 Å². The number of carbonyl (C=O) groups is 1. The molecule has 0 saturated carbocycles. The van der Waals surface area contributed by atoms with Gasteiger partial charge in [-0.25, -0.2) is 0 Å². The molecule has 0 unspecified atom stereocenters. The predicted molar refractivity (Wildman–Crippen MR) is 56.2 cm³/mol. The van der Waals surface area contributed by atoms with Crippen molar-refractivity contribution < 1.29 is 9.90 Å². The smallest absolute Gasteiger partial charge is 0.307 e.